The number of amides is 3. The number of ether oxygens (including phenoxy) is 1. The first-order valence-corrected chi connectivity index (χ1v) is 15.9. The molecule has 1 aliphatic carbocycles. The molecule has 5 rings (SSSR count). The zero-order valence-electron chi connectivity index (χ0n) is 26.3. The van der Waals surface area contributed by atoms with Crippen molar-refractivity contribution in [3.8, 4) is 11.5 Å². The fraction of sp³-hybridized carbons (Fsp3) is 0.559. The number of hydrogen-bond acceptors (Lipinski definition) is 7. The molecule has 2 saturated heterocycles. The van der Waals surface area contributed by atoms with Gasteiger partial charge in [-0.1, -0.05) is 31.4 Å². The van der Waals surface area contributed by atoms with E-state index in [9.17, 15) is 19.5 Å². The molecule has 1 spiro atoms. The highest BCUT2D eigenvalue weighted by Crippen LogP contribution is 2.37. The smallest absolute Gasteiger partial charge is 0.251 e. The van der Waals surface area contributed by atoms with Crippen LogP contribution in [-0.4, -0.2) is 102 Å². The molecule has 3 N–H and O–H groups in total. The minimum absolute atomic E-state index is 0.0576. The number of carbonyl (C=O) groups excluding carboxylic acids is 3. The van der Waals surface area contributed by atoms with Gasteiger partial charge < -0.3 is 30.3 Å². The highest BCUT2D eigenvalue weighted by atomic mass is 16.5. The van der Waals surface area contributed by atoms with E-state index in [1.165, 1.54) is 0 Å². The summed E-state index contributed by atoms with van der Waals surface area (Å²) >= 11 is 0. The van der Waals surface area contributed by atoms with Crippen LogP contribution in [0.2, 0.25) is 0 Å². The van der Waals surface area contributed by atoms with Crippen molar-refractivity contribution in [2.24, 2.45) is 0 Å². The first-order chi connectivity index (χ1) is 21.1. The van der Waals surface area contributed by atoms with Gasteiger partial charge in [0, 0.05) is 51.8 Å². The topological polar surface area (TPSA) is 114 Å². The maximum absolute atomic E-state index is 13.9. The summed E-state index contributed by atoms with van der Waals surface area (Å²) in [5, 5.41) is 16.8. The normalized spacial score (nSPS) is 21.8. The van der Waals surface area contributed by atoms with Crippen molar-refractivity contribution in [2.75, 3.05) is 47.3 Å². The number of likely N-dealkylation sites (N-methyl/N-ethyl adjacent to an activating group) is 1. The second-order valence-electron chi connectivity index (χ2n) is 13.0. The van der Waals surface area contributed by atoms with Crippen molar-refractivity contribution in [3.63, 3.8) is 0 Å². The molecule has 3 amide bonds. The van der Waals surface area contributed by atoms with Crippen molar-refractivity contribution in [1.29, 1.82) is 0 Å². The van der Waals surface area contributed by atoms with E-state index in [-0.39, 0.29) is 17.7 Å². The zero-order chi connectivity index (χ0) is 31.3. The van der Waals surface area contributed by atoms with Gasteiger partial charge >= 0.3 is 0 Å². The van der Waals surface area contributed by atoms with Crippen LogP contribution in [0.5, 0.6) is 11.5 Å². The molecule has 10 nitrogen and oxygen atoms in total. The Labute approximate surface area is 260 Å². The third-order valence-electron chi connectivity index (χ3n) is 9.54. The second kappa shape index (κ2) is 13.7. The number of rotatable bonds is 10. The van der Waals surface area contributed by atoms with E-state index in [4.69, 9.17) is 4.74 Å². The molecule has 2 aromatic rings. The summed E-state index contributed by atoms with van der Waals surface area (Å²) in [6.07, 6.45) is 5.83. The summed E-state index contributed by atoms with van der Waals surface area (Å²) in [6.45, 7) is 3.30. The molecule has 238 valence electrons. The molecule has 3 fully saturated rings. The van der Waals surface area contributed by atoms with Gasteiger partial charge in [-0.3, -0.25) is 19.3 Å². The molecule has 44 heavy (non-hydrogen) atoms. The Balaban J connectivity index is 1.20. The predicted octanol–water partition coefficient (Wildman–Crippen LogP) is 3.15. The lowest BCUT2D eigenvalue weighted by Gasteiger charge is -2.52. The molecule has 2 aliphatic heterocycles. The Bertz CT molecular complexity index is 1300. The summed E-state index contributed by atoms with van der Waals surface area (Å²) in [7, 11) is 5.56. The second-order valence-corrected chi connectivity index (χ2v) is 13.0. The minimum atomic E-state index is -0.884. The van der Waals surface area contributed by atoms with Gasteiger partial charge in [-0.15, -0.1) is 0 Å². The molecule has 3 aliphatic rings. The average Bonchev–Trinajstić information content (AvgIpc) is 3.02. The van der Waals surface area contributed by atoms with E-state index in [1.54, 1.807) is 31.3 Å². The van der Waals surface area contributed by atoms with E-state index in [2.05, 4.69) is 15.5 Å². The van der Waals surface area contributed by atoms with Crippen LogP contribution in [0.4, 0.5) is 0 Å². The van der Waals surface area contributed by atoms with Gasteiger partial charge in [-0.25, -0.2) is 0 Å². The fourth-order valence-electron chi connectivity index (χ4n) is 6.89. The van der Waals surface area contributed by atoms with Crippen LogP contribution in [0.3, 0.4) is 0 Å². The number of piperazine rings is 1. The molecule has 10 heteroatoms. The summed E-state index contributed by atoms with van der Waals surface area (Å²) < 4.78 is 5.96. The van der Waals surface area contributed by atoms with Gasteiger partial charge in [0.2, 0.25) is 11.8 Å². The van der Waals surface area contributed by atoms with E-state index >= 15 is 0 Å². The van der Waals surface area contributed by atoms with Crippen LogP contribution in [0.1, 0.15) is 67.3 Å². The van der Waals surface area contributed by atoms with Crippen LogP contribution in [0.25, 0.3) is 0 Å². The van der Waals surface area contributed by atoms with Crippen LogP contribution in [0.15, 0.2) is 48.5 Å². The maximum Gasteiger partial charge on any atom is 0.251 e. The van der Waals surface area contributed by atoms with Crippen LogP contribution >= 0.6 is 0 Å². The molecule has 0 unspecified atom stereocenters. The molecular weight excluding hydrogens is 558 g/mol. The van der Waals surface area contributed by atoms with Gasteiger partial charge in [-0.2, -0.15) is 0 Å². The molecule has 0 bridgehead atoms. The molecule has 2 heterocycles. The molecule has 0 radical (unpaired) electrons. The number of nitrogens with one attached hydrogen (secondary N) is 2. The molecule has 1 atom stereocenters. The number of hydrogen-bond donors (Lipinski definition) is 3. The first-order valence-electron chi connectivity index (χ1n) is 15.9. The number of likely N-dealkylation sites (tertiary alicyclic amines) is 1. The van der Waals surface area contributed by atoms with Crippen molar-refractivity contribution in [1.82, 2.24) is 25.3 Å². The summed E-state index contributed by atoms with van der Waals surface area (Å²) in [4.78, 5) is 45.7. The van der Waals surface area contributed by atoms with Gasteiger partial charge in [0.15, 0.2) is 0 Å². The van der Waals surface area contributed by atoms with Gasteiger partial charge in [0.25, 0.3) is 5.91 Å². The minimum Gasteiger partial charge on any atom is -0.457 e. The summed E-state index contributed by atoms with van der Waals surface area (Å²) in [5.41, 5.74) is -0.0319. The van der Waals surface area contributed by atoms with Crippen molar-refractivity contribution < 1.29 is 24.2 Å². The number of piperidine rings is 1. The standard InChI is InChI=1S/C34H47N5O5/c1-35-30(40)26-9-13-28(14-10-26)44-27-11-7-25(8-12-27)24-38-19-17-34(18-20-38)32(42)36-29(23-33(43)15-5-4-6-16-33)31(41)39(34)22-21-37(2)3/h7-14,29,43H,4-6,15-24H2,1-3H3,(H,35,40)(H,36,42)/t29-/m1/s1. The Morgan fingerprint density at radius 3 is 2.18 bits per heavy atom. The molecule has 0 aromatic heterocycles. The van der Waals surface area contributed by atoms with Gasteiger partial charge in [0.1, 0.15) is 23.1 Å². The number of benzene rings is 2. The highest BCUT2D eigenvalue weighted by molar-refractivity contribution is 6.00. The van der Waals surface area contributed by atoms with Crippen LogP contribution < -0.4 is 15.4 Å². The monoisotopic (exact) mass is 605 g/mol. The van der Waals surface area contributed by atoms with Gasteiger partial charge in [-0.05, 0) is 81.7 Å². The van der Waals surface area contributed by atoms with E-state index in [0.29, 0.717) is 75.3 Å². The van der Waals surface area contributed by atoms with Crippen molar-refractivity contribution in [2.45, 2.75) is 75.1 Å². The summed E-state index contributed by atoms with van der Waals surface area (Å²) in [5.74, 6) is 1.09. The lowest BCUT2D eigenvalue weighted by Crippen LogP contribution is -2.73. The molecule has 2 aromatic carbocycles. The molecular formula is C34H47N5O5. The Hall–Kier alpha value is -3.47. The Morgan fingerprint density at radius 1 is 0.977 bits per heavy atom. The SMILES string of the molecule is CNC(=O)c1ccc(Oc2ccc(CN3CCC4(CC3)C(=O)N[C@H](CC3(O)CCCCC3)C(=O)N4CCN(C)C)cc2)cc1. The number of nitrogens with zero attached hydrogens (tertiary/aromatic N) is 3. The van der Waals surface area contributed by atoms with E-state index in [0.717, 1.165) is 31.4 Å². The molecule has 1 saturated carbocycles. The third-order valence-corrected chi connectivity index (χ3v) is 9.54. The van der Waals surface area contributed by atoms with Crippen LogP contribution in [-0.2, 0) is 16.1 Å². The fourth-order valence-corrected chi connectivity index (χ4v) is 6.89. The van der Waals surface area contributed by atoms with Crippen molar-refractivity contribution >= 4 is 17.7 Å². The quantitative estimate of drug-likeness (QED) is 0.381. The zero-order valence-corrected chi connectivity index (χ0v) is 26.3. The maximum atomic E-state index is 13.9. The lowest BCUT2D eigenvalue weighted by atomic mass is 9.77. The average molecular weight is 606 g/mol. The van der Waals surface area contributed by atoms with Gasteiger partial charge in [0.05, 0.1) is 5.60 Å². The largest absolute Gasteiger partial charge is 0.457 e. The van der Waals surface area contributed by atoms with E-state index < -0.39 is 17.2 Å². The predicted molar refractivity (Wildman–Crippen MR) is 168 cm³/mol. The van der Waals surface area contributed by atoms with Crippen LogP contribution in [0, 0.1) is 0 Å². The highest BCUT2D eigenvalue weighted by Gasteiger charge is 2.54. The number of aliphatic hydroxyl groups is 1. The third kappa shape index (κ3) is 7.25. The number of carbonyl (C=O) groups is 3. The Morgan fingerprint density at radius 2 is 1.59 bits per heavy atom. The van der Waals surface area contributed by atoms with Crippen molar-refractivity contribution in [3.05, 3.63) is 59.7 Å². The Kier molecular flexibility index (Phi) is 9.92. The lowest BCUT2D eigenvalue weighted by molar-refractivity contribution is -0.163. The van der Waals surface area contributed by atoms with E-state index in [1.807, 2.05) is 48.2 Å². The summed E-state index contributed by atoms with van der Waals surface area (Å²) in [6, 6.07) is 14.3. The first kappa shape index (κ1) is 31.9.